The zero-order valence-corrected chi connectivity index (χ0v) is 7.18. The highest BCUT2D eigenvalue weighted by Gasteiger charge is 1.81. The van der Waals surface area contributed by atoms with Crippen molar-refractivity contribution in [1.29, 1.82) is 0 Å². The lowest BCUT2D eigenvalue weighted by Crippen LogP contribution is -1.73. The minimum Gasteiger partial charge on any atom is -0.546 e. The Morgan fingerprint density at radius 2 is 2.00 bits per heavy atom. The Morgan fingerprint density at radius 3 is 2.60 bits per heavy atom. The molecule has 0 aliphatic heterocycles. The molecule has 0 saturated heterocycles. The lowest BCUT2D eigenvalue weighted by molar-refractivity contribution is 0.530. The van der Waals surface area contributed by atoms with Gasteiger partial charge in [-0.25, -0.2) is 0 Å². The highest BCUT2D eigenvalue weighted by molar-refractivity contribution is 5.98. The summed E-state index contributed by atoms with van der Waals surface area (Å²) in [5.41, 5.74) is 0. The first-order chi connectivity index (χ1) is 4.91. The maximum Gasteiger partial charge on any atom is 0.340 e. The molecule has 10 heavy (non-hydrogen) atoms. The summed E-state index contributed by atoms with van der Waals surface area (Å²) in [4.78, 5) is 0. The van der Waals surface area contributed by atoms with Gasteiger partial charge in [0.25, 0.3) is 0 Å². The van der Waals surface area contributed by atoms with Gasteiger partial charge in [0.1, 0.15) is 0 Å². The average molecular weight is 153 g/mol. The molecule has 0 bridgehead atoms. The second-order valence-electron chi connectivity index (χ2n) is 2.06. The topological polar surface area (TPSA) is 9.23 Å². The van der Waals surface area contributed by atoms with E-state index in [4.69, 9.17) is 0 Å². The molecule has 0 spiro atoms. The van der Waals surface area contributed by atoms with Crippen LogP contribution >= 0.6 is 0 Å². The first kappa shape index (κ1) is 9.50. The minimum absolute atomic E-state index is 1.08. The summed E-state index contributed by atoms with van der Waals surface area (Å²) in [6.07, 6.45) is 10.2. The predicted molar refractivity (Wildman–Crippen MR) is 44.6 cm³/mol. The Bertz CT molecular complexity index is 99.4. The van der Waals surface area contributed by atoms with Crippen LogP contribution in [0.2, 0.25) is 0 Å². The van der Waals surface area contributed by atoms with Gasteiger partial charge in [0, 0.05) is 0 Å². The molecule has 3 radical (unpaired) electrons. The Hall–Kier alpha value is -0.503. The van der Waals surface area contributed by atoms with Crippen molar-refractivity contribution in [2.24, 2.45) is 0 Å². The first-order valence-corrected chi connectivity index (χ1v) is 3.91. The molecular weight excluding hydrogens is 140 g/mol. The molecule has 1 nitrogen and oxygen atoms in total. The standard InChI is InChI=1S/C8H13OSi/c1-2-3-4-5-6-7-8-9-10/h2,7-8H,1,3-6H2/b8-7+. The fraction of sp³-hybridized carbons (Fsp3) is 0.500. The molecule has 0 fully saturated rings. The van der Waals surface area contributed by atoms with E-state index in [0.29, 0.717) is 0 Å². The van der Waals surface area contributed by atoms with Crippen molar-refractivity contribution in [1.82, 2.24) is 0 Å². The molecule has 0 saturated carbocycles. The third-order valence-corrected chi connectivity index (χ3v) is 1.33. The maximum atomic E-state index is 4.55. The molecule has 0 aliphatic carbocycles. The van der Waals surface area contributed by atoms with Crippen molar-refractivity contribution in [2.75, 3.05) is 0 Å². The van der Waals surface area contributed by atoms with Crippen LogP contribution in [-0.4, -0.2) is 10.5 Å². The molecule has 0 unspecified atom stereocenters. The molecule has 0 aromatic rings. The predicted octanol–water partition coefficient (Wildman–Crippen LogP) is 2.35. The monoisotopic (exact) mass is 153 g/mol. The number of hydrogen-bond donors (Lipinski definition) is 0. The molecule has 55 valence electrons. The van der Waals surface area contributed by atoms with E-state index in [0.717, 1.165) is 12.8 Å². The van der Waals surface area contributed by atoms with Crippen LogP contribution in [-0.2, 0) is 4.43 Å². The molecular formula is C8H13OSi. The summed E-state index contributed by atoms with van der Waals surface area (Å²) in [5, 5.41) is 0. The van der Waals surface area contributed by atoms with Gasteiger partial charge in [0.15, 0.2) is 0 Å². The van der Waals surface area contributed by atoms with Gasteiger partial charge in [-0.3, -0.25) is 0 Å². The molecule has 0 aromatic carbocycles. The zero-order chi connectivity index (χ0) is 7.66. The quantitative estimate of drug-likeness (QED) is 0.246. The molecule has 0 heterocycles. The van der Waals surface area contributed by atoms with Gasteiger partial charge >= 0.3 is 10.5 Å². The number of rotatable bonds is 6. The van der Waals surface area contributed by atoms with Crippen molar-refractivity contribution >= 4 is 10.5 Å². The number of hydrogen-bond acceptors (Lipinski definition) is 1. The smallest absolute Gasteiger partial charge is 0.340 e. The van der Waals surface area contributed by atoms with E-state index in [9.17, 15) is 0 Å². The lowest BCUT2D eigenvalue weighted by Gasteiger charge is -1.91. The lowest BCUT2D eigenvalue weighted by atomic mass is 10.2. The van der Waals surface area contributed by atoms with Crippen LogP contribution in [0.25, 0.3) is 0 Å². The average Bonchev–Trinajstić information content (AvgIpc) is 1.97. The van der Waals surface area contributed by atoms with Crippen molar-refractivity contribution in [3.8, 4) is 0 Å². The van der Waals surface area contributed by atoms with Crippen molar-refractivity contribution < 1.29 is 4.43 Å². The zero-order valence-electron chi connectivity index (χ0n) is 6.18. The Kier molecular flexibility index (Phi) is 8.07. The van der Waals surface area contributed by atoms with E-state index in [2.05, 4.69) is 21.5 Å². The van der Waals surface area contributed by atoms with Gasteiger partial charge in [-0.05, 0) is 25.7 Å². The Labute approximate surface area is 66.3 Å². The molecule has 0 aliphatic rings. The number of unbranched alkanes of at least 4 members (excludes halogenated alkanes) is 3. The first-order valence-electron chi connectivity index (χ1n) is 3.50. The van der Waals surface area contributed by atoms with E-state index < -0.39 is 0 Å². The molecule has 0 N–H and O–H groups in total. The maximum absolute atomic E-state index is 4.55. The molecule has 0 aromatic heterocycles. The largest absolute Gasteiger partial charge is 0.546 e. The van der Waals surface area contributed by atoms with Crippen LogP contribution in [0.4, 0.5) is 0 Å². The van der Waals surface area contributed by atoms with E-state index in [1.165, 1.54) is 12.8 Å². The third kappa shape index (κ3) is 7.50. The van der Waals surface area contributed by atoms with Gasteiger partial charge in [-0.2, -0.15) is 0 Å². The minimum atomic E-state index is 1.08. The summed E-state index contributed by atoms with van der Waals surface area (Å²) < 4.78 is 4.55. The number of allylic oxidation sites excluding steroid dienone is 2. The summed E-state index contributed by atoms with van der Waals surface area (Å²) in [5.74, 6) is 0. The third-order valence-electron chi connectivity index (χ3n) is 1.19. The van der Waals surface area contributed by atoms with E-state index in [1.807, 2.05) is 12.2 Å². The summed E-state index contributed by atoms with van der Waals surface area (Å²) in [6, 6.07) is 0. The van der Waals surface area contributed by atoms with Crippen LogP contribution in [0.5, 0.6) is 0 Å². The van der Waals surface area contributed by atoms with Crippen LogP contribution in [0.1, 0.15) is 25.7 Å². The second-order valence-corrected chi connectivity index (χ2v) is 2.30. The highest BCUT2D eigenvalue weighted by atomic mass is 28.2. The fourth-order valence-electron chi connectivity index (χ4n) is 0.667. The van der Waals surface area contributed by atoms with Crippen molar-refractivity contribution in [2.45, 2.75) is 25.7 Å². The van der Waals surface area contributed by atoms with Gasteiger partial charge in [-0.15, -0.1) is 6.58 Å². The van der Waals surface area contributed by atoms with Crippen LogP contribution in [0.3, 0.4) is 0 Å². The highest BCUT2D eigenvalue weighted by Crippen LogP contribution is 2.00. The summed E-state index contributed by atoms with van der Waals surface area (Å²) in [6.45, 7) is 3.64. The summed E-state index contributed by atoms with van der Waals surface area (Å²) in [7, 11) is 2.87. The van der Waals surface area contributed by atoms with Crippen LogP contribution < -0.4 is 0 Å². The molecule has 0 atom stereocenters. The van der Waals surface area contributed by atoms with Crippen LogP contribution in [0, 0.1) is 0 Å². The second kappa shape index (κ2) is 8.50. The normalized spacial score (nSPS) is 10.1. The molecule has 0 rings (SSSR count). The fourth-order valence-corrected chi connectivity index (χ4v) is 0.763. The molecule has 0 amide bonds. The van der Waals surface area contributed by atoms with Gasteiger partial charge in [0.2, 0.25) is 0 Å². The van der Waals surface area contributed by atoms with E-state index in [-0.39, 0.29) is 0 Å². The van der Waals surface area contributed by atoms with Gasteiger partial charge < -0.3 is 4.43 Å². The van der Waals surface area contributed by atoms with Gasteiger partial charge in [0.05, 0.1) is 6.26 Å². The van der Waals surface area contributed by atoms with Crippen molar-refractivity contribution in [3.05, 3.63) is 25.0 Å². The van der Waals surface area contributed by atoms with Crippen LogP contribution in [0.15, 0.2) is 25.0 Å². The Balaban J connectivity index is 2.89. The molecule has 2 heteroatoms. The Morgan fingerprint density at radius 1 is 1.30 bits per heavy atom. The SMILES string of the molecule is C=CCCCC/C=C/O[Si]. The van der Waals surface area contributed by atoms with E-state index >= 15 is 0 Å². The van der Waals surface area contributed by atoms with E-state index in [1.54, 1.807) is 6.26 Å². The summed E-state index contributed by atoms with van der Waals surface area (Å²) >= 11 is 0. The van der Waals surface area contributed by atoms with Crippen molar-refractivity contribution in [3.63, 3.8) is 0 Å². The van der Waals surface area contributed by atoms with Gasteiger partial charge in [-0.1, -0.05) is 12.2 Å².